The van der Waals surface area contributed by atoms with E-state index in [2.05, 4.69) is 38.1 Å². The van der Waals surface area contributed by atoms with Crippen molar-refractivity contribution in [3.05, 3.63) is 29.8 Å². The van der Waals surface area contributed by atoms with E-state index in [1.165, 1.54) is 23.3 Å². The largest absolute Gasteiger partial charge is 0.126 e. The van der Waals surface area contributed by atoms with Gasteiger partial charge in [0.1, 0.15) is 0 Å². The van der Waals surface area contributed by atoms with Crippen LogP contribution in [0.3, 0.4) is 0 Å². The minimum absolute atomic E-state index is 0.661. The number of fused-ring (bicyclic) bond motifs is 1. The van der Waals surface area contributed by atoms with Gasteiger partial charge in [0.05, 0.1) is 0 Å². The molecule has 1 aliphatic heterocycles. The third kappa shape index (κ3) is 2.75. The topological polar surface area (TPSA) is 0 Å². The Hall–Kier alpha value is -0.140. The fourth-order valence-electron chi connectivity index (χ4n) is 2.24. The molecule has 0 bridgehead atoms. The van der Waals surface area contributed by atoms with Crippen molar-refractivity contribution >= 4 is 23.4 Å². The molecule has 0 amide bonds. The molecule has 88 valence electrons. The van der Waals surface area contributed by atoms with Crippen molar-refractivity contribution in [1.82, 2.24) is 0 Å². The number of halogens is 1. The summed E-state index contributed by atoms with van der Waals surface area (Å²) in [5, 5.41) is 0.739. The van der Waals surface area contributed by atoms with Gasteiger partial charge in [0.15, 0.2) is 0 Å². The summed E-state index contributed by atoms with van der Waals surface area (Å²) in [5.74, 6) is 2.15. The van der Waals surface area contributed by atoms with Gasteiger partial charge >= 0.3 is 0 Å². The number of thioether (sulfide) groups is 1. The molecule has 0 N–H and O–H groups in total. The van der Waals surface area contributed by atoms with E-state index in [-0.39, 0.29) is 0 Å². The second-order valence-electron chi connectivity index (χ2n) is 4.95. The summed E-state index contributed by atoms with van der Waals surface area (Å²) < 4.78 is 0. The summed E-state index contributed by atoms with van der Waals surface area (Å²) >= 11 is 8.08. The Labute approximate surface area is 108 Å². The molecule has 0 spiro atoms. The summed E-state index contributed by atoms with van der Waals surface area (Å²) in [6, 6.07) is 8.78. The summed E-state index contributed by atoms with van der Waals surface area (Å²) in [5.41, 5.74) is 1.52. The van der Waals surface area contributed by atoms with Crippen LogP contribution in [0, 0.1) is 11.8 Å². The lowest BCUT2D eigenvalue weighted by molar-refractivity contribution is 0.393. The fourth-order valence-corrected chi connectivity index (χ4v) is 4.14. The third-order valence-corrected chi connectivity index (χ3v) is 5.16. The number of alkyl halides is 1. The molecular weight excluding hydrogens is 236 g/mol. The van der Waals surface area contributed by atoms with Crippen molar-refractivity contribution in [2.24, 2.45) is 11.8 Å². The first-order valence-electron chi connectivity index (χ1n) is 6.01. The van der Waals surface area contributed by atoms with E-state index in [0.717, 1.165) is 11.1 Å². The molecular formula is C14H19ClS. The van der Waals surface area contributed by atoms with Gasteiger partial charge in [-0.1, -0.05) is 32.0 Å². The Morgan fingerprint density at radius 2 is 2.12 bits per heavy atom. The van der Waals surface area contributed by atoms with Crippen LogP contribution in [0.5, 0.6) is 0 Å². The van der Waals surface area contributed by atoms with E-state index in [1.54, 1.807) is 0 Å². The van der Waals surface area contributed by atoms with Gasteiger partial charge in [-0.15, -0.1) is 23.4 Å². The van der Waals surface area contributed by atoms with E-state index in [1.807, 2.05) is 11.8 Å². The highest BCUT2D eigenvalue weighted by Crippen LogP contribution is 2.40. The van der Waals surface area contributed by atoms with Gasteiger partial charge in [0.25, 0.3) is 0 Å². The molecule has 0 fully saturated rings. The van der Waals surface area contributed by atoms with Gasteiger partial charge < -0.3 is 0 Å². The maximum atomic E-state index is 6.04. The van der Waals surface area contributed by atoms with Crippen molar-refractivity contribution < 1.29 is 0 Å². The third-order valence-electron chi connectivity index (χ3n) is 3.42. The summed E-state index contributed by atoms with van der Waals surface area (Å²) in [6.07, 6.45) is 2.47. The van der Waals surface area contributed by atoms with Crippen LogP contribution in [0.15, 0.2) is 29.2 Å². The second-order valence-corrected chi connectivity index (χ2v) is 6.60. The van der Waals surface area contributed by atoms with Gasteiger partial charge in [0.2, 0.25) is 0 Å². The number of hydrogen-bond acceptors (Lipinski definition) is 1. The van der Waals surface area contributed by atoms with Crippen LogP contribution < -0.4 is 0 Å². The highest BCUT2D eigenvalue weighted by atomic mass is 35.5. The molecule has 0 aromatic heterocycles. The molecule has 1 aliphatic rings. The van der Waals surface area contributed by atoms with Crippen LogP contribution in [0.25, 0.3) is 0 Å². The average Bonchev–Trinajstić information content (AvgIpc) is 2.67. The van der Waals surface area contributed by atoms with E-state index in [4.69, 9.17) is 11.6 Å². The molecule has 1 heterocycles. The van der Waals surface area contributed by atoms with E-state index in [9.17, 15) is 0 Å². The van der Waals surface area contributed by atoms with Crippen molar-refractivity contribution in [3.63, 3.8) is 0 Å². The molecule has 16 heavy (non-hydrogen) atoms. The van der Waals surface area contributed by atoms with E-state index < -0.39 is 0 Å². The summed E-state index contributed by atoms with van der Waals surface area (Å²) in [4.78, 5) is 1.48. The number of rotatable bonds is 4. The Balaban J connectivity index is 1.96. The first-order chi connectivity index (χ1) is 7.70. The lowest BCUT2D eigenvalue weighted by Crippen LogP contribution is -2.17. The molecule has 1 aromatic rings. The molecule has 0 saturated heterocycles. The quantitative estimate of drug-likeness (QED) is 0.708. The minimum Gasteiger partial charge on any atom is -0.126 e. The maximum absolute atomic E-state index is 6.04. The molecule has 2 rings (SSSR count). The van der Waals surface area contributed by atoms with Crippen molar-refractivity contribution in [2.45, 2.75) is 36.8 Å². The van der Waals surface area contributed by atoms with Crippen LogP contribution >= 0.6 is 23.4 Å². The first-order valence-corrected chi connectivity index (χ1v) is 7.42. The van der Waals surface area contributed by atoms with Crippen molar-refractivity contribution in [1.29, 1.82) is 0 Å². The SMILES string of the molecule is CC(C)C(CCl)CC1Cc2ccccc2S1. The lowest BCUT2D eigenvalue weighted by atomic mass is 9.91. The van der Waals surface area contributed by atoms with Gasteiger partial charge in [-0.3, -0.25) is 0 Å². The zero-order valence-electron chi connectivity index (χ0n) is 9.95. The zero-order valence-corrected chi connectivity index (χ0v) is 11.5. The maximum Gasteiger partial charge on any atom is 0.0254 e. The highest BCUT2D eigenvalue weighted by Gasteiger charge is 2.25. The molecule has 0 aliphatic carbocycles. The molecule has 2 heteroatoms. The molecule has 0 radical (unpaired) electrons. The second kappa shape index (κ2) is 5.46. The van der Waals surface area contributed by atoms with Gasteiger partial charge in [-0.05, 0) is 36.3 Å². The van der Waals surface area contributed by atoms with Gasteiger partial charge in [0, 0.05) is 16.0 Å². The monoisotopic (exact) mass is 254 g/mol. The summed E-state index contributed by atoms with van der Waals surface area (Å²) in [6.45, 7) is 4.56. The number of hydrogen-bond donors (Lipinski definition) is 0. The van der Waals surface area contributed by atoms with E-state index in [0.29, 0.717) is 11.8 Å². The minimum atomic E-state index is 0.661. The van der Waals surface area contributed by atoms with Crippen molar-refractivity contribution in [2.75, 3.05) is 5.88 Å². The van der Waals surface area contributed by atoms with E-state index >= 15 is 0 Å². The Morgan fingerprint density at radius 3 is 2.75 bits per heavy atom. The molecule has 1 aromatic carbocycles. The van der Waals surface area contributed by atoms with Crippen LogP contribution in [0.2, 0.25) is 0 Å². The number of benzene rings is 1. The smallest absolute Gasteiger partial charge is 0.0254 e. The normalized spacial score (nSPS) is 21.1. The molecule has 0 saturated carbocycles. The van der Waals surface area contributed by atoms with Crippen LogP contribution in [0.4, 0.5) is 0 Å². The van der Waals surface area contributed by atoms with Gasteiger partial charge in [-0.2, -0.15) is 0 Å². The highest BCUT2D eigenvalue weighted by molar-refractivity contribution is 8.00. The molecule has 0 nitrogen and oxygen atoms in total. The fraction of sp³-hybridized carbons (Fsp3) is 0.571. The zero-order chi connectivity index (χ0) is 11.5. The molecule has 2 unspecified atom stereocenters. The summed E-state index contributed by atoms with van der Waals surface area (Å²) in [7, 11) is 0. The first kappa shape index (κ1) is 12.3. The van der Waals surface area contributed by atoms with Crippen LogP contribution in [0.1, 0.15) is 25.8 Å². The van der Waals surface area contributed by atoms with Gasteiger partial charge in [-0.25, -0.2) is 0 Å². The Morgan fingerprint density at radius 1 is 1.38 bits per heavy atom. The standard InChI is InChI=1S/C14H19ClS/c1-10(2)12(9-15)8-13-7-11-5-3-4-6-14(11)16-13/h3-6,10,12-13H,7-9H2,1-2H3. The van der Waals surface area contributed by atoms with Crippen LogP contribution in [-0.4, -0.2) is 11.1 Å². The van der Waals surface area contributed by atoms with Crippen LogP contribution in [-0.2, 0) is 6.42 Å². The Bertz CT molecular complexity index is 323. The predicted molar refractivity (Wildman–Crippen MR) is 73.5 cm³/mol. The van der Waals surface area contributed by atoms with Crippen molar-refractivity contribution in [3.8, 4) is 0 Å². The average molecular weight is 255 g/mol. The predicted octanol–water partition coefficient (Wildman–Crippen LogP) is 4.60. The lowest BCUT2D eigenvalue weighted by Gasteiger charge is -2.21. The molecule has 2 atom stereocenters. The Kier molecular flexibility index (Phi) is 4.21.